The van der Waals surface area contributed by atoms with Crippen molar-refractivity contribution in [1.29, 1.82) is 0 Å². The molecule has 2 rings (SSSR count). The van der Waals surface area contributed by atoms with Gasteiger partial charge in [0.1, 0.15) is 0 Å². The van der Waals surface area contributed by atoms with Crippen LogP contribution in [0.15, 0.2) is 24.3 Å². The number of piperidine rings is 1. The number of carbonyl (C=O) groups excluding carboxylic acids is 1. The number of carbonyl (C=O) groups is 1. The van der Waals surface area contributed by atoms with Gasteiger partial charge in [0.05, 0.1) is 6.61 Å². The molecule has 1 heterocycles. The minimum absolute atomic E-state index is 0.0397. The molecule has 116 valence electrons. The third-order valence-electron chi connectivity index (χ3n) is 3.98. The molecule has 1 fully saturated rings. The molecule has 0 saturated carbocycles. The van der Waals surface area contributed by atoms with Crippen LogP contribution in [0, 0.1) is 5.92 Å². The highest BCUT2D eigenvalue weighted by atomic mass is 16.3. The molecule has 21 heavy (non-hydrogen) atoms. The minimum atomic E-state index is -0.147. The van der Waals surface area contributed by atoms with Gasteiger partial charge in [-0.3, -0.25) is 4.79 Å². The van der Waals surface area contributed by atoms with Crippen LogP contribution in [-0.2, 0) is 0 Å². The molecule has 0 aliphatic carbocycles. The van der Waals surface area contributed by atoms with Gasteiger partial charge in [-0.1, -0.05) is 0 Å². The fourth-order valence-electron chi connectivity index (χ4n) is 2.54. The molecule has 5 heteroatoms. The summed E-state index contributed by atoms with van der Waals surface area (Å²) in [6.07, 6.45) is 2.48. The number of benzene rings is 1. The molecular formula is C16H25N3O2. The number of amides is 1. The van der Waals surface area contributed by atoms with Crippen molar-refractivity contribution in [2.24, 2.45) is 5.92 Å². The topological polar surface area (TPSA) is 64.6 Å². The van der Waals surface area contributed by atoms with Crippen molar-refractivity contribution in [2.75, 3.05) is 45.2 Å². The first-order valence-corrected chi connectivity index (χ1v) is 7.60. The van der Waals surface area contributed by atoms with Crippen LogP contribution in [0.2, 0.25) is 0 Å². The number of hydrogen-bond acceptors (Lipinski definition) is 4. The molecular weight excluding hydrogens is 266 g/mol. The fourth-order valence-corrected chi connectivity index (χ4v) is 2.54. The zero-order chi connectivity index (χ0) is 15.1. The minimum Gasteiger partial charge on any atom is -0.395 e. The Balaban J connectivity index is 1.78. The average Bonchev–Trinajstić information content (AvgIpc) is 2.52. The number of nitrogens with zero attached hydrogens (tertiary/aromatic N) is 1. The standard InChI is InChI=1S/C16H25N3O2/c1-19-9-6-13(7-10-19)12-18-15-4-2-14(3-5-15)16(21)17-8-11-20/h2-5,13,18,20H,6-12H2,1H3,(H,17,21). The van der Waals surface area contributed by atoms with Crippen LogP contribution < -0.4 is 10.6 Å². The fraction of sp³-hybridized carbons (Fsp3) is 0.562. The van der Waals surface area contributed by atoms with E-state index in [1.54, 1.807) is 0 Å². The molecule has 1 aromatic rings. The van der Waals surface area contributed by atoms with Gasteiger partial charge in [-0.05, 0) is 63.2 Å². The molecule has 5 nitrogen and oxygen atoms in total. The summed E-state index contributed by atoms with van der Waals surface area (Å²) in [6, 6.07) is 7.49. The van der Waals surface area contributed by atoms with E-state index in [9.17, 15) is 4.79 Å². The second-order valence-electron chi connectivity index (χ2n) is 5.68. The molecule has 0 radical (unpaired) electrons. The highest BCUT2D eigenvalue weighted by Gasteiger charge is 2.16. The summed E-state index contributed by atoms with van der Waals surface area (Å²) in [6.45, 7) is 3.59. The van der Waals surface area contributed by atoms with Gasteiger partial charge in [0.25, 0.3) is 5.91 Å². The van der Waals surface area contributed by atoms with Crippen LogP contribution in [0.1, 0.15) is 23.2 Å². The maximum absolute atomic E-state index is 11.7. The number of aliphatic hydroxyl groups excluding tert-OH is 1. The van der Waals surface area contributed by atoms with Crippen molar-refractivity contribution < 1.29 is 9.90 Å². The first kappa shape index (κ1) is 15.8. The van der Waals surface area contributed by atoms with E-state index >= 15 is 0 Å². The lowest BCUT2D eigenvalue weighted by atomic mass is 9.97. The zero-order valence-corrected chi connectivity index (χ0v) is 12.6. The summed E-state index contributed by atoms with van der Waals surface area (Å²) in [7, 11) is 2.17. The Hall–Kier alpha value is -1.59. The SMILES string of the molecule is CN1CCC(CNc2ccc(C(=O)NCCO)cc2)CC1. The van der Waals surface area contributed by atoms with Gasteiger partial charge in [0.2, 0.25) is 0 Å². The van der Waals surface area contributed by atoms with Crippen LogP contribution in [0.3, 0.4) is 0 Å². The first-order chi connectivity index (χ1) is 10.2. The van der Waals surface area contributed by atoms with Crippen LogP contribution >= 0.6 is 0 Å². The average molecular weight is 291 g/mol. The summed E-state index contributed by atoms with van der Waals surface area (Å²) >= 11 is 0. The van der Waals surface area contributed by atoms with E-state index in [2.05, 4.69) is 22.6 Å². The molecule has 0 atom stereocenters. The molecule has 0 spiro atoms. The van der Waals surface area contributed by atoms with Gasteiger partial charge in [-0.25, -0.2) is 0 Å². The lowest BCUT2D eigenvalue weighted by molar-refractivity contribution is 0.0945. The van der Waals surface area contributed by atoms with Crippen LogP contribution in [-0.4, -0.2) is 55.7 Å². The number of aliphatic hydroxyl groups is 1. The third-order valence-corrected chi connectivity index (χ3v) is 3.98. The van der Waals surface area contributed by atoms with Gasteiger partial charge in [0.15, 0.2) is 0 Å². The number of anilines is 1. The molecule has 0 unspecified atom stereocenters. The van der Waals surface area contributed by atoms with Crippen molar-refractivity contribution in [3.8, 4) is 0 Å². The highest BCUT2D eigenvalue weighted by Crippen LogP contribution is 2.17. The predicted octanol–water partition coefficient (Wildman–Crippen LogP) is 1.16. The molecule has 1 saturated heterocycles. The summed E-state index contributed by atoms with van der Waals surface area (Å²) in [5, 5.41) is 14.8. The summed E-state index contributed by atoms with van der Waals surface area (Å²) in [5.41, 5.74) is 1.67. The number of rotatable bonds is 6. The van der Waals surface area contributed by atoms with Crippen molar-refractivity contribution >= 4 is 11.6 Å². The summed E-state index contributed by atoms with van der Waals surface area (Å²) in [4.78, 5) is 14.1. The Labute approximate surface area is 126 Å². The Morgan fingerprint density at radius 2 is 1.95 bits per heavy atom. The largest absolute Gasteiger partial charge is 0.395 e. The number of hydrogen-bond donors (Lipinski definition) is 3. The highest BCUT2D eigenvalue weighted by molar-refractivity contribution is 5.94. The van der Waals surface area contributed by atoms with Crippen LogP contribution in [0.25, 0.3) is 0 Å². The van der Waals surface area contributed by atoms with Gasteiger partial charge in [0, 0.05) is 24.3 Å². The Morgan fingerprint density at radius 3 is 2.57 bits per heavy atom. The lowest BCUT2D eigenvalue weighted by Crippen LogP contribution is -2.32. The van der Waals surface area contributed by atoms with Crippen molar-refractivity contribution in [3.05, 3.63) is 29.8 Å². The van der Waals surface area contributed by atoms with E-state index in [0.29, 0.717) is 5.56 Å². The predicted molar refractivity (Wildman–Crippen MR) is 84.6 cm³/mol. The third kappa shape index (κ3) is 5.02. The van der Waals surface area contributed by atoms with E-state index in [0.717, 1.165) is 18.2 Å². The number of nitrogens with one attached hydrogen (secondary N) is 2. The van der Waals surface area contributed by atoms with Gasteiger partial charge < -0.3 is 20.6 Å². The molecule has 1 aliphatic rings. The maximum atomic E-state index is 11.7. The zero-order valence-electron chi connectivity index (χ0n) is 12.6. The van der Waals surface area contributed by atoms with Crippen LogP contribution in [0.4, 0.5) is 5.69 Å². The van der Waals surface area contributed by atoms with Crippen LogP contribution in [0.5, 0.6) is 0 Å². The van der Waals surface area contributed by atoms with E-state index < -0.39 is 0 Å². The first-order valence-electron chi connectivity index (χ1n) is 7.60. The van der Waals surface area contributed by atoms with Crippen molar-refractivity contribution in [1.82, 2.24) is 10.2 Å². The normalized spacial score (nSPS) is 16.7. The smallest absolute Gasteiger partial charge is 0.251 e. The van der Waals surface area contributed by atoms with Gasteiger partial charge in [-0.2, -0.15) is 0 Å². The summed E-state index contributed by atoms with van der Waals surface area (Å²) < 4.78 is 0. The van der Waals surface area contributed by atoms with Crippen molar-refractivity contribution in [2.45, 2.75) is 12.8 Å². The van der Waals surface area contributed by atoms with E-state index in [-0.39, 0.29) is 19.1 Å². The number of likely N-dealkylation sites (tertiary alicyclic amines) is 1. The second kappa shape index (κ2) is 8.00. The van der Waals surface area contributed by atoms with Gasteiger partial charge >= 0.3 is 0 Å². The maximum Gasteiger partial charge on any atom is 0.251 e. The molecule has 0 aromatic heterocycles. The van der Waals surface area contributed by atoms with E-state index in [1.165, 1.54) is 25.9 Å². The molecule has 1 aromatic carbocycles. The molecule has 1 amide bonds. The Bertz CT molecular complexity index is 439. The molecule has 3 N–H and O–H groups in total. The van der Waals surface area contributed by atoms with E-state index in [4.69, 9.17) is 5.11 Å². The quantitative estimate of drug-likeness (QED) is 0.736. The van der Waals surface area contributed by atoms with E-state index in [1.807, 2.05) is 24.3 Å². The summed E-state index contributed by atoms with van der Waals surface area (Å²) in [5.74, 6) is 0.583. The lowest BCUT2D eigenvalue weighted by Gasteiger charge is -2.29. The Morgan fingerprint density at radius 1 is 1.29 bits per heavy atom. The van der Waals surface area contributed by atoms with Crippen molar-refractivity contribution in [3.63, 3.8) is 0 Å². The van der Waals surface area contributed by atoms with Gasteiger partial charge in [-0.15, -0.1) is 0 Å². The second-order valence-corrected chi connectivity index (χ2v) is 5.68. The Kier molecular flexibility index (Phi) is 6.02. The molecule has 1 aliphatic heterocycles. The molecule has 0 bridgehead atoms. The monoisotopic (exact) mass is 291 g/mol.